The van der Waals surface area contributed by atoms with Crippen molar-refractivity contribution < 1.29 is 13.2 Å². The molecule has 1 aromatic carbocycles. The highest BCUT2D eigenvalue weighted by Gasteiger charge is 2.31. The van der Waals surface area contributed by atoms with Crippen LogP contribution in [0.5, 0.6) is 0 Å². The van der Waals surface area contributed by atoms with Crippen molar-refractivity contribution in [3.8, 4) is 0 Å². The van der Waals surface area contributed by atoms with Crippen molar-refractivity contribution in [1.82, 2.24) is 14.2 Å². The number of nitrogens with zero attached hydrogens (tertiary/aromatic N) is 3. The van der Waals surface area contributed by atoms with Gasteiger partial charge in [0.15, 0.2) is 5.13 Å². The van der Waals surface area contributed by atoms with Crippen LogP contribution in [0.4, 0.5) is 5.13 Å². The quantitative estimate of drug-likeness (QED) is 0.759. The van der Waals surface area contributed by atoms with Crippen LogP contribution in [-0.2, 0) is 23.0 Å². The third-order valence-corrected chi connectivity index (χ3v) is 8.97. The minimum absolute atomic E-state index is 0.00583. The van der Waals surface area contributed by atoms with Crippen molar-refractivity contribution in [3.05, 3.63) is 40.4 Å². The molecular weight excluding hydrogens is 420 g/mol. The summed E-state index contributed by atoms with van der Waals surface area (Å²) >= 11 is 1.52. The van der Waals surface area contributed by atoms with E-state index in [-0.39, 0.29) is 16.8 Å². The first-order valence-corrected chi connectivity index (χ1v) is 12.8. The lowest BCUT2D eigenvalue weighted by Crippen LogP contribution is -2.41. The van der Waals surface area contributed by atoms with Gasteiger partial charge in [-0.25, -0.2) is 13.4 Å². The van der Waals surface area contributed by atoms with Gasteiger partial charge in [-0.1, -0.05) is 13.3 Å². The van der Waals surface area contributed by atoms with Gasteiger partial charge in [0, 0.05) is 42.5 Å². The first kappa shape index (κ1) is 21.4. The molecule has 30 heavy (non-hydrogen) atoms. The molecule has 162 valence electrons. The Kier molecular flexibility index (Phi) is 6.24. The highest BCUT2D eigenvalue weighted by atomic mass is 32.2. The molecular formula is C21H28N4O3S2. The molecule has 1 aromatic heterocycles. The number of hydrogen-bond donors (Lipinski definition) is 1. The number of sulfonamides is 1. The number of carbonyl (C=O) groups is 1. The van der Waals surface area contributed by atoms with E-state index < -0.39 is 10.0 Å². The SMILES string of the molecule is CCN1CCc2nc(NC(=O)c3ccc(S(=O)(=O)N4CCCCC4C)cc3)sc2C1. The zero-order valence-electron chi connectivity index (χ0n) is 17.4. The van der Waals surface area contributed by atoms with Crippen LogP contribution in [0.1, 0.15) is 54.0 Å². The fourth-order valence-corrected chi connectivity index (χ4v) is 6.83. The number of aromatic nitrogens is 1. The average molecular weight is 449 g/mol. The molecule has 1 amide bonds. The van der Waals surface area contributed by atoms with Crippen LogP contribution < -0.4 is 5.32 Å². The van der Waals surface area contributed by atoms with E-state index in [0.717, 1.165) is 51.0 Å². The summed E-state index contributed by atoms with van der Waals surface area (Å²) in [5.41, 5.74) is 1.49. The van der Waals surface area contributed by atoms with Gasteiger partial charge in [0.2, 0.25) is 10.0 Å². The Hall–Kier alpha value is -1.81. The van der Waals surface area contributed by atoms with Crippen molar-refractivity contribution in [1.29, 1.82) is 0 Å². The molecule has 1 N–H and O–H groups in total. The highest BCUT2D eigenvalue weighted by Crippen LogP contribution is 2.29. The van der Waals surface area contributed by atoms with Crippen molar-refractivity contribution in [2.75, 3.05) is 25.0 Å². The molecule has 1 unspecified atom stereocenters. The first-order chi connectivity index (χ1) is 14.4. The molecule has 3 heterocycles. The van der Waals surface area contributed by atoms with Crippen LogP contribution in [0.25, 0.3) is 0 Å². The fourth-order valence-electron chi connectivity index (χ4n) is 4.08. The van der Waals surface area contributed by atoms with Crippen molar-refractivity contribution in [2.24, 2.45) is 0 Å². The van der Waals surface area contributed by atoms with Gasteiger partial charge < -0.3 is 0 Å². The van der Waals surface area contributed by atoms with Gasteiger partial charge in [0.05, 0.1) is 10.6 Å². The van der Waals surface area contributed by atoms with Crippen LogP contribution in [0.15, 0.2) is 29.2 Å². The Labute approximate surface area is 182 Å². The lowest BCUT2D eigenvalue weighted by atomic mass is 10.1. The number of amides is 1. The second-order valence-electron chi connectivity index (χ2n) is 7.95. The van der Waals surface area contributed by atoms with Crippen LogP contribution >= 0.6 is 11.3 Å². The highest BCUT2D eigenvalue weighted by molar-refractivity contribution is 7.89. The molecule has 0 bridgehead atoms. The number of anilines is 1. The third-order valence-electron chi connectivity index (χ3n) is 5.94. The van der Waals surface area contributed by atoms with E-state index in [4.69, 9.17) is 0 Å². The van der Waals surface area contributed by atoms with E-state index in [2.05, 4.69) is 22.1 Å². The maximum absolute atomic E-state index is 12.9. The molecule has 2 aliphatic heterocycles. The summed E-state index contributed by atoms with van der Waals surface area (Å²) in [5.74, 6) is -0.274. The van der Waals surface area contributed by atoms with Gasteiger partial charge in [-0.05, 0) is 50.6 Å². The van der Waals surface area contributed by atoms with Gasteiger partial charge in [0.1, 0.15) is 0 Å². The van der Waals surface area contributed by atoms with Gasteiger partial charge in [-0.15, -0.1) is 11.3 Å². The number of benzene rings is 1. The summed E-state index contributed by atoms with van der Waals surface area (Å²) in [6, 6.07) is 6.20. The molecule has 2 aromatic rings. The summed E-state index contributed by atoms with van der Waals surface area (Å²) in [5, 5.41) is 3.47. The standard InChI is InChI=1S/C21H28N4O3S2/c1-3-24-13-11-18-19(14-24)29-21(22-18)23-20(26)16-7-9-17(10-8-16)30(27,28)25-12-5-4-6-15(25)2/h7-10,15H,3-6,11-14H2,1-2H3,(H,22,23,26). The van der Waals surface area contributed by atoms with Crippen LogP contribution in [0.2, 0.25) is 0 Å². The second-order valence-corrected chi connectivity index (χ2v) is 10.9. The van der Waals surface area contributed by atoms with Crippen molar-refractivity contribution in [3.63, 3.8) is 0 Å². The Morgan fingerprint density at radius 2 is 2.00 bits per heavy atom. The van der Waals surface area contributed by atoms with Crippen LogP contribution in [0, 0.1) is 0 Å². The molecule has 1 saturated heterocycles. The molecule has 1 fully saturated rings. The smallest absolute Gasteiger partial charge is 0.257 e. The maximum Gasteiger partial charge on any atom is 0.257 e. The summed E-state index contributed by atoms with van der Waals surface area (Å²) < 4.78 is 27.5. The molecule has 9 heteroatoms. The first-order valence-electron chi connectivity index (χ1n) is 10.5. The number of fused-ring (bicyclic) bond motifs is 1. The summed E-state index contributed by atoms with van der Waals surface area (Å²) in [6.07, 6.45) is 3.73. The molecule has 0 aliphatic carbocycles. The van der Waals surface area contributed by atoms with Gasteiger partial charge in [-0.2, -0.15) is 4.31 Å². The number of hydrogen-bond acceptors (Lipinski definition) is 6. The number of likely N-dealkylation sites (N-methyl/N-ethyl adjacent to an activating group) is 1. The second kappa shape index (κ2) is 8.74. The largest absolute Gasteiger partial charge is 0.298 e. The van der Waals surface area contributed by atoms with Crippen LogP contribution in [0.3, 0.4) is 0 Å². The Morgan fingerprint density at radius 3 is 2.70 bits per heavy atom. The average Bonchev–Trinajstić information content (AvgIpc) is 3.15. The minimum Gasteiger partial charge on any atom is -0.298 e. The maximum atomic E-state index is 12.9. The predicted molar refractivity (Wildman–Crippen MR) is 118 cm³/mol. The third kappa shape index (κ3) is 4.30. The van der Waals surface area contributed by atoms with E-state index in [9.17, 15) is 13.2 Å². The van der Waals surface area contributed by atoms with E-state index in [1.54, 1.807) is 16.4 Å². The number of piperidine rings is 1. The topological polar surface area (TPSA) is 82.6 Å². The van der Waals surface area contributed by atoms with E-state index >= 15 is 0 Å². The van der Waals surface area contributed by atoms with Gasteiger partial charge >= 0.3 is 0 Å². The van der Waals surface area contributed by atoms with E-state index in [0.29, 0.717) is 17.2 Å². The van der Waals surface area contributed by atoms with E-state index in [1.807, 2.05) is 6.92 Å². The van der Waals surface area contributed by atoms with Crippen LogP contribution in [-0.4, -0.2) is 54.2 Å². The number of thiazole rings is 1. The van der Waals surface area contributed by atoms with Gasteiger partial charge in [0.25, 0.3) is 5.91 Å². The van der Waals surface area contributed by atoms with E-state index in [1.165, 1.54) is 28.3 Å². The molecule has 0 saturated carbocycles. The number of rotatable bonds is 5. The molecule has 0 radical (unpaired) electrons. The van der Waals surface area contributed by atoms with Crippen molar-refractivity contribution in [2.45, 2.75) is 57.0 Å². The molecule has 2 aliphatic rings. The van der Waals surface area contributed by atoms with Crippen molar-refractivity contribution >= 4 is 32.4 Å². The van der Waals surface area contributed by atoms with Gasteiger partial charge in [-0.3, -0.25) is 15.0 Å². The normalized spacial score (nSPS) is 20.7. The Morgan fingerprint density at radius 1 is 1.23 bits per heavy atom. The zero-order chi connectivity index (χ0) is 21.3. The lowest BCUT2D eigenvalue weighted by Gasteiger charge is -2.32. The predicted octanol–water partition coefficient (Wildman–Crippen LogP) is 3.34. The lowest BCUT2D eigenvalue weighted by molar-refractivity contribution is 0.102. The summed E-state index contributed by atoms with van der Waals surface area (Å²) in [6.45, 7) is 7.52. The Balaban J connectivity index is 1.45. The number of nitrogens with one attached hydrogen (secondary N) is 1. The molecule has 4 rings (SSSR count). The molecule has 0 spiro atoms. The fraction of sp³-hybridized carbons (Fsp3) is 0.524. The number of carbonyl (C=O) groups excluding carboxylic acids is 1. The monoisotopic (exact) mass is 448 g/mol. The minimum atomic E-state index is -3.54. The molecule has 1 atom stereocenters. The summed E-state index contributed by atoms with van der Waals surface area (Å²) in [7, 11) is -3.54. The Bertz CT molecular complexity index is 1020. The zero-order valence-corrected chi connectivity index (χ0v) is 19.1. The molecule has 7 nitrogen and oxygen atoms in total. The summed E-state index contributed by atoms with van der Waals surface area (Å²) in [4.78, 5) is 21.0.